The van der Waals surface area contributed by atoms with Gasteiger partial charge in [-0.3, -0.25) is 4.79 Å². The summed E-state index contributed by atoms with van der Waals surface area (Å²) in [6, 6.07) is 5.75. The van der Waals surface area contributed by atoms with Crippen LogP contribution < -0.4 is 5.32 Å². The van der Waals surface area contributed by atoms with Gasteiger partial charge in [-0.25, -0.2) is 0 Å². The smallest absolute Gasteiger partial charge is 0.233 e. The van der Waals surface area contributed by atoms with E-state index in [4.69, 9.17) is 11.6 Å². The molecule has 1 amide bonds. The number of aryl methyl sites for hydroxylation is 1. The van der Waals surface area contributed by atoms with Crippen molar-refractivity contribution < 1.29 is 4.79 Å². The Morgan fingerprint density at radius 1 is 1.35 bits per heavy atom. The maximum absolute atomic E-state index is 12.0. The van der Waals surface area contributed by atoms with Gasteiger partial charge in [-0.2, -0.15) is 0 Å². The SMILES string of the molecule is CCN(CC)C(=O)CSc1nnc(Nc2ccc(C)c(Cl)c2)s1. The zero-order valence-corrected chi connectivity index (χ0v) is 15.7. The molecule has 5 nitrogen and oxygen atoms in total. The maximum Gasteiger partial charge on any atom is 0.233 e. The van der Waals surface area contributed by atoms with Crippen molar-refractivity contribution in [2.75, 3.05) is 24.2 Å². The number of carbonyl (C=O) groups excluding carboxylic acids is 1. The molecular formula is C15H19ClN4OS2. The number of benzene rings is 1. The molecule has 0 unspecified atom stereocenters. The Bertz CT molecular complexity index is 673. The van der Waals surface area contributed by atoms with Crippen molar-refractivity contribution in [1.82, 2.24) is 15.1 Å². The van der Waals surface area contributed by atoms with E-state index < -0.39 is 0 Å². The Morgan fingerprint density at radius 3 is 2.74 bits per heavy atom. The Balaban J connectivity index is 1.92. The number of hydrogen-bond donors (Lipinski definition) is 1. The van der Waals surface area contributed by atoms with Crippen LogP contribution in [0.15, 0.2) is 22.5 Å². The van der Waals surface area contributed by atoms with Crippen molar-refractivity contribution in [3.8, 4) is 0 Å². The lowest BCUT2D eigenvalue weighted by Gasteiger charge is -2.17. The molecule has 1 N–H and O–H groups in total. The van der Waals surface area contributed by atoms with E-state index in [1.807, 2.05) is 43.9 Å². The van der Waals surface area contributed by atoms with Gasteiger partial charge in [0.15, 0.2) is 4.34 Å². The summed E-state index contributed by atoms with van der Waals surface area (Å²) in [5.41, 5.74) is 1.90. The molecule has 2 rings (SSSR count). The van der Waals surface area contributed by atoms with E-state index in [0.717, 1.165) is 28.7 Å². The van der Waals surface area contributed by atoms with E-state index in [9.17, 15) is 4.79 Å². The molecule has 8 heteroatoms. The fourth-order valence-electron chi connectivity index (χ4n) is 1.90. The minimum Gasteiger partial charge on any atom is -0.343 e. The van der Waals surface area contributed by atoms with Gasteiger partial charge in [0.1, 0.15) is 0 Å². The Morgan fingerprint density at radius 2 is 2.09 bits per heavy atom. The van der Waals surface area contributed by atoms with Crippen molar-refractivity contribution >= 4 is 51.4 Å². The summed E-state index contributed by atoms with van der Waals surface area (Å²) in [6.07, 6.45) is 0. The highest BCUT2D eigenvalue weighted by Crippen LogP contribution is 2.29. The highest BCUT2D eigenvalue weighted by molar-refractivity contribution is 8.01. The van der Waals surface area contributed by atoms with Crippen molar-refractivity contribution in [1.29, 1.82) is 0 Å². The van der Waals surface area contributed by atoms with E-state index in [1.54, 1.807) is 0 Å². The first-order chi connectivity index (χ1) is 11.0. The second-order valence-corrected chi connectivity index (χ2v) is 7.42. The average molecular weight is 371 g/mol. The van der Waals surface area contributed by atoms with Crippen molar-refractivity contribution in [2.45, 2.75) is 25.1 Å². The van der Waals surface area contributed by atoms with E-state index in [1.165, 1.54) is 23.1 Å². The summed E-state index contributed by atoms with van der Waals surface area (Å²) < 4.78 is 0.770. The van der Waals surface area contributed by atoms with E-state index in [0.29, 0.717) is 15.9 Å². The third kappa shape index (κ3) is 5.09. The molecule has 0 spiro atoms. The minimum atomic E-state index is 0.120. The Hall–Kier alpha value is -1.31. The van der Waals surface area contributed by atoms with Crippen LogP contribution in [0.2, 0.25) is 5.02 Å². The first kappa shape index (κ1) is 18.0. The molecule has 2 aromatic rings. The number of hydrogen-bond acceptors (Lipinski definition) is 6. The summed E-state index contributed by atoms with van der Waals surface area (Å²) in [4.78, 5) is 13.8. The van der Waals surface area contributed by atoms with Gasteiger partial charge in [0.05, 0.1) is 5.75 Å². The minimum absolute atomic E-state index is 0.120. The third-order valence-corrected chi connectivity index (χ3v) is 5.63. The van der Waals surface area contributed by atoms with Crippen molar-refractivity contribution in [3.05, 3.63) is 28.8 Å². The number of thioether (sulfide) groups is 1. The van der Waals surface area contributed by atoms with Gasteiger partial charge in [-0.1, -0.05) is 40.8 Å². The quantitative estimate of drug-likeness (QED) is 0.740. The van der Waals surface area contributed by atoms with Crippen LogP contribution in [0.4, 0.5) is 10.8 Å². The first-order valence-electron chi connectivity index (χ1n) is 7.30. The number of anilines is 2. The van der Waals surface area contributed by atoms with Gasteiger partial charge in [0, 0.05) is 23.8 Å². The molecule has 0 atom stereocenters. The molecule has 0 saturated carbocycles. The number of halogens is 1. The van der Waals surface area contributed by atoms with Crippen LogP contribution >= 0.6 is 34.7 Å². The molecule has 0 fully saturated rings. The number of rotatable bonds is 7. The lowest BCUT2D eigenvalue weighted by Crippen LogP contribution is -2.31. The van der Waals surface area contributed by atoms with Crippen LogP contribution in [0.3, 0.4) is 0 Å². The molecule has 0 bridgehead atoms. The molecule has 0 aliphatic carbocycles. The Kier molecular flexibility index (Phi) is 6.68. The summed E-state index contributed by atoms with van der Waals surface area (Å²) in [5, 5.41) is 12.8. The molecule has 0 saturated heterocycles. The number of aromatic nitrogens is 2. The van der Waals surface area contributed by atoms with Gasteiger partial charge in [-0.15, -0.1) is 10.2 Å². The second kappa shape index (κ2) is 8.52. The van der Waals surface area contributed by atoms with Gasteiger partial charge >= 0.3 is 0 Å². The van der Waals surface area contributed by atoms with Gasteiger partial charge in [-0.05, 0) is 38.5 Å². The summed E-state index contributed by atoms with van der Waals surface area (Å²) in [5.74, 6) is 0.502. The largest absolute Gasteiger partial charge is 0.343 e. The molecular weight excluding hydrogens is 352 g/mol. The number of nitrogens with one attached hydrogen (secondary N) is 1. The summed E-state index contributed by atoms with van der Waals surface area (Å²) in [6.45, 7) is 7.37. The lowest BCUT2D eigenvalue weighted by molar-refractivity contribution is -0.127. The van der Waals surface area contributed by atoms with Crippen molar-refractivity contribution in [3.63, 3.8) is 0 Å². The fraction of sp³-hybridized carbons (Fsp3) is 0.400. The molecule has 0 aliphatic heterocycles. The Labute approximate surface area is 149 Å². The van der Waals surface area contributed by atoms with Crippen LogP contribution in [0.5, 0.6) is 0 Å². The highest BCUT2D eigenvalue weighted by atomic mass is 35.5. The maximum atomic E-state index is 12.0. The first-order valence-corrected chi connectivity index (χ1v) is 9.48. The number of amides is 1. The molecule has 1 heterocycles. The summed E-state index contributed by atoms with van der Waals surface area (Å²) in [7, 11) is 0. The van der Waals surface area contributed by atoms with Crippen LogP contribution in [0.1, 0.15) is 19.4 Å². The molecule has 0 radical (unpaired) electrons. The van der Waals surface area contributed by atoms with Gasteiger partial charge in [0.25, 0.3) is 0 Å². The van der Waals surface area contributed by atoms with Crippen LogP contribution in [-0.4, -0.2) is 39.8 Å². The number of nitrogens with zero attached hydrogens (tertiary/aromatic N) is 3. The molecule has 1 aromatic carbocycles. The monoisotopic (exact) mass is 370 g/mol. The van der Waals surface area contributed by atoms with Crippen LogP contribution in [0, 0.1) is 6.92 Å². The van der Waals surface area contributed by atoms with E-state index >= 15 is 0 Å². The predicted molar refractivity (Wildman–Crippen MR) is 98.0 cm³/mol. The zero-order chi connectivity index (χ0) is 16.8. The zero-order valence-electron chi connectivity index (χ0n) is 13.3. The normalized spacial score (nSPS) is 10.6. The fourth-order valence-corrected chi connectivity index (χ4v) is 3.76. The van der Waals surface area contributed by atoms with Gasteiger partial charge in [0.2, 0.25) is 11.0 Å². The predicted octanol–water partition coefficient (Wildman–Crippen LogP) is 4.20. The topological polar surface area (TPSA) is 58.1 Å². The lowest BCUT2D eigenvalue weighted by atomic mass is 10.2. The average Bonchev–Trinajstić information content (AvgIpc) is 2.97. The summed E-state index contributed by atoms with van der Waals surface area (Å²) >= 11 is 8.94. The van der Waals surface area contributed by atoms with E-state index in [-0.39, 0.29) is 5.91 Å². The molecule has 124 valence electrons. The molecule has 0 aliphatic rings. The second-order valence-electron chi connectivity index (χ2n) is 4.82. The highest BCUT2D eigenvalue weighted by Gasteiger charge is 2.12. The number of carbonyl (C=O) groups is 1. The third-order valence-electron chi connectivity index (χ3n) is 3.26. The van der Waals surface area contributed by atoms with E-state index in [2.05, 4.69) is 15.5 Å². The standard InChI is InChI=1S/C15H19ClN4OS2/c1-4-20(5-2)13(21)9-22-15-19-18-14(23-15)17-11-7-6-10(3)12(16)8-11/h6-8H,4-5,9H2,1-3H3,(H,17,18). The molecule has 1 aromatic heterocycles. The van der Waals surface area contributed by atoms with Gasteiger partial charge < -0.3 is 10.2 Å². The van der Waals surface area contributed by atoms with Crippen LogP contribution in [-0.2, 0) is 4.79 Å². The molecule has 23 heavy (non-hydrogen) atoms. The van der Waals surface area contributed by atoms with Crippen LogP contribution in [0.25, 0.3) is 0 Å². The van der Waals surface area contributed by atoms with Crippen molar-refractivity contribution in [2.24, 2.45) is 0 Å².